The Morgan fingerprint density at radius 3 is 2.95 bits per heavy atom. The number of nitrogens with two attached hydrogens (primary N) is 1. The summed E-state index contributed by atoms with van der Waals surface area (Å²) >= 11 is 0. The predicted molar refractivity (Wildman–Crippen MR) is 76.3 cm³/mol. The van der Waals surface area contributed by atoms with E-state index in [1.54, 1.807) is 15.6 Å². The molecule has 116 valence electrons. The van der Waals surface area contributed by atoms with Gasteiger partial charge in [0.25, 0.3) is 0 Å². The molecule has 2 saturated heterocycles. The second-order valence-electron chi connectivity index (χ2n) is 6.03. The molecule has 0 aliphatic carbocycles. The predicted octanol–water partition coefficient (Wildman–Crippen LogP) is 0.0635. The summed E-state index contributed by atoms with van der Waals surface area (Å²) < 4.78 is 9.42. The van der Waals surface area contributed by atoms with Crippen molar-refractivity contribution < 1.29 is 9.53 Å². The maximum Gasteiger partial charge on any atom is 0.225 e. The standard InChI is InChI=1S/C14H18N6O2/c1-19-7-8(6-16-19)20-14(17-13(18-20)5-12(15)21)10-4-9-2-3-11(10)22-9/h6-7,9-11H,2-5H2,1H3,(H2,15,21)/t9-,10-,11+/m0/s1. The molecule has 22 heavy (non-hydrogen) atoms. The molecule has 8 heteroatoms. The lowest BCUT2D eigenvalue weighted by Crippen LogP contribution is -2.19. The maximum absolute atomic E-state index is 11.2. The van der Waals surface area contributed by atoms with Gasteiger partial charge in [-0.25, -0.2) is 9.67 Å². The van der Waals surface area contributed by atoms with Crippen LogP contribution in [0.5, 0.6) is 0 Å². The number of hydrogen-bond donors (Lipinski definition) is 1. The first kappa shape index (κ1) is 13.4. The first-order valence-corrected chi connectivity index (χ1v) is 7.49. The van der Waals surface area contributed by atoms with Crippen molar-refractivity contribution in [3.05, 3.63) is 24.0 Å². The summed E-state index contributed by atoms with van der Waals surface area (Å²) in [5.74, 6) is 1.08. The van der Waals surface area contributed by atoms with Crippen LogP contribution in [0.25, 0.3) is 5.69 Å². The van der Waals surface area contributed by atoms with Crippen LogP contribution < -0.4 is 5.73 Å². The van der Waals surface area contributed by atoms with E-state index in [1.807, 2.05) is 13.2 Å². The van der Waals surface area contributed by atoms with Crippen LogP contribution >= 0.6 is 0 Å². The fourth-order valence-corrected chi connectivity index (χ4v) is 3.46. The molecular formula is C14H18N6O2. The molecule has 0 aromatic carbocycles. The molecule has 2 aliphatic rings. The molecular weight excluding hydrogens is 284 g/mol. The van der Waals surface area contributed by atoms with Gasteiger partial charge in [0.05, 0.1) is 31.0 Å². The van der Waals surface area contributed by atoms with Crippen molar-refractivity contribution in [2.24, 2.45) is 12.8 Å². The number of amides is 1. The van der Waals surface area contributed by atoms with Gasteiger partial charge >= 0.3 is 0 Å². The first-order chi connectivity index (χ1) is 10.6. The number of carbonyl (C=O) groups is 1. The van der Waals surface area contributed by atoms with Gasteiger partial charge in [-0.3, -0.25) is 9.48 Å². The van der Waals surface area contributed by atoms with Gasteiger partial charge in [-0.15, -0.1) is 0 Å². The minimum absolute atomic E-state index is 0.0436. The van der Waals surface area contributed by atoms with Crippen molar-refractivity contribution in [3.63, 3.8) is 0 Å². The van der Waals surface area contributed by atoms with Crippen molar-refractivity contribution >= 4 is 5.91 Å². The van der Waals surface area contributed by atoms with Gasteiger partial charge in [-0.1, -0.05) is 0 Å². The van der Waals surface area contributed by atoms with Crippen LogP contribution in [-0.2, 0) is 23.0 Å². The number of primary amides is 1. The Balaban J connectivity index is 1.74. The van der Waals surface area contributed by atoms with Crippen LogP contribution in [0.15, 0.2) is 12.4 Å². The number of ether oxygens (including phenoxy) is 1. The summed E-state index contributed by atoms with van der Waals surface area (Å²) in [6.45, 7) is 0. The molecule has 0 spiro atoms. The molecule has 2 N–H and O–H groups in total. The minimum Gasteiger partial charge on any atom is -0.374 e. The van der Waals surface area contributed by atoms with Crippen LogP contribution in [0.3, 0.4) is 0 Å². The third-order valence-corrected chi connectivity index (χ3v) is 4.38. The number of nitrogens with zero attached hydrogens (tertiary/aromatic N) is 5. The number of aryl methyl sites for hydroxylation is 1. The highest BCUT2D eigenvalue weighted by atomic mass is 16.5. The highest BCUT2D eigenvalue weighted by Crippen LogP contribution is 2.44. The average molecular weight is 302 g/mol. The average Bonchev–Trinajstić information content (AvgIpc) is 3.19. The van der Waals surface area contributed by atoms with Gasteiger partial charge < -0.3 is 10.5 Å². The number of carbonyl (C=O) groups excluding carboxylic acids is 1. The van der Waals surface area contributed by atoms with E-state index in [0.717, 1.165) is 30.8 Å². The third-order valence-electron chi connectivity index (χ3n) is 4.38. The highest BCUT2D eigenvalue weighted by Gasteiger charge is 2.44. The largest absolute Gasteiger partial charge is 0.374 e. The van der Waals surface area contributed by atoms with Gasteiger partial charge in [0.15, 0.2) is 5.82 Å². The molecule has 2 aromatic heterocycles. The highest BCUT2D eigenvalue weighted by molar-refractivity contribution is 5.75. The molecule has 2 bridgehead atoms. The van der Waals surface area contributed by atoms with Gasteiger partial charge in [0, 0.05) is 13.0 Å². The van der Waals surface area contributed by atoms with Crippen molar-refractivity contribution in [1.82, 2.24) is 24.5 Å². The van der Waals surface area contributed by atoms with E-state index >= 15 is 0 Å². The van der Waals surface area contributed by atoms with Crippen molar-refractivity contribution in [2.75, 3.05) is 0 Å². The van der Waals surface area contributed by atoms with Crippen LogP contribution in [0.2, 0.25) is 0 Å². The molecule has 8 nitrogen and oxygen atoms in total. The van der Waals surface area contributed by atoms with E-state index in [9.17, 15) is 4.79 Å². The van der Waals surface area contributed by atoms with Crippen LogP contribution in [0.1, 0.15) is 36.8 Å². The van der Waals surface area contributed by atoms with Gasteiger partial charge in [-0.05, 0) is 19.3 Å². The van der Waals surface area contributed by atoms with Gasteiger partial charge in [-0.2, -0.15) is 10.2 Å². The van der Waals surface area contributed by atoms with Gasteiger partial charge in [0.1, 0.15) is 11.5 Å². The van der Waals surface area contributed by atoms with Crippen LogP contribution in [-0.4, -0.2) is 42.7 Å². The zero-order chi connectivity index (χ0) is 15.3. The Kier molecular flexibility index (Phi) is 3.00. The second-order valence-corrected chi connectivity index (χ2v) is 6.03. The topological polar surface area (TPSA) is 101 Å². The van der Waals surface area contributed by atoms with Crippen molar-refractivity contribution in [3.8, 4) is 5.69 Å². The monoisotopic (exact) mass is 302 g/mol. The van der Waals surface area contributed by atoms with Crippen LogP contribution in [0, 0.1) is 0 Å². The maximum atomic E-state index is 11.2. The van der Waals surface area contributed by atoms with E-state index < -0.39 is 5.91 Å². The van der Waals surface area contributed by atoms with Crippen molar-refractivity contribution in [2.45, 2.75) is 43.8 Å². The zero-order valence-electron chi connectivity index (χ0n) is 12.3. The van der Waals surface area contributed by atoms with E-state index in [0.29, 0.717) is 11.9 Å². The molecule has 2 fully saturated rings. The number of fused-ring (bicyclic) bond motifs is 2. The zero-order valence-corrected chi connectivity index (χ0v) is 12.3. The van der Waals surface area contributed by atoms with E-state index in [4.69, 9.17) is 10.5 Å². The van der Waals surface area contributed by atoms with Crippen molar-refractivity contribution in [1.29, 1.82) is 0 Å². The smallest absolute Gasteiger partial charge is 0.225 e. The molecule has 0 radical (unpaired) electrons. The fourth-order valence-electron chi connectivity index (χ4n) is 3.46. The molecule has 4 heterocycles. The molecule has 4 rings (SSSR count). The lowest BCUT2D eigenvalue weighted by Gasteiger charge is -2.17. The lowest BCUT2D eigenvalue weighted by atomic mass is 9.88. The van der Waals surface area contributed by atoms with E-state index in [2.05, 4.69) is 15.2 Å². The minimum atomic E-state index is -0.431. The molecule has 0 saturated carbocycles. The first-order valence-electron chi connectivity index (χ1n) is 7.49. The SMILES string of the molecule is Cn1cc(-n2nc(CC(N)=O)nc2[C@H]2C[C@@H]3CC[C@H]2O3)cn1. The number of aromatic nitrogens is 5. The molecule has 0 unspecified atom stereocenters. The summed E-state index contributed by atoms with van der Waals surface area (Å²) in [5.41, 5.74) is 6.11. The van der Waals surface area contributed by atoms with Crippen LogP contribution in [0.4, 0.5) is 0 Å². The Bertz CT molecular complexity index is 721. The summed E-state index contributed by atoms with van der Waals surface area (Å²) in [6, 6.07) is 0. The normalized spacial score (nSPS) is 26.7. The third kappa shape index (κ3) is 2.19. The van der Waals surface area contributed by atoms with E-state index in [-0.39, 0.29) is 18.4 Å². The van der Waals surface area contributed by atoms with E-state index in [1.165, 1.54) is 0 Å². The summed E-state index contributed by atoms with van der Waals surface area (Å²) in [4.78, 5) is 15.7. The molecule has 3 atom stereocenters. The quantitative estimate of drug-likeness (QED) is 0.861. The summed E-state index contributed by atoms with van der Waals surface area (Å²) in [6.07, 6.45) is 7.32. The summed E-state index contributed by atoms with van der Waals surface area (Å²) in [7, 11) is 1.85. The summed E-state index contributed by atoms with van der Waals surface area (Å²) in [5, 5.41) is 8.64. The fraction of sp³-hybridized carbons (Fsp3) is 0.571. The number of hydrogen-bond acceptors (Lipinski definition) is 5. The van der Waals surface area contributed by atoms with Gasteiger partial charge in [0.2, 0.25) is 5.91 Å². The lowest BCUT2D eigenvalue weighted by molar-refractivity contribution is -0.117. The Morgan fingerprint density at radius 1 is 1.50 bits per heavy atom. The number of rotatable bonds is 4. The Labute approximate surface area is 127 Å². The second kappa shape index (κ2) is 4.91. The molecule has 2 aromatic rings. The molecule has 2 aliphatic heterocycles. The Hall–Kier alpha value is -2.22. The molecule has 1 amide bonds. The Morgan fingerprint density at radius 2 is 2.36 bits per heavy atom.